The molecule has 0 N–H and O–H groups in total. The van der Waals surface area contributed by atoms with Crippen LogP contribution >= 0.6 is 0 Å². The third kappa shape index (κ3) is 1.76. The third-order valence-electron chi connectivity index (χ3n) is 2.76. The molecule has 3 nitrogen and oxygen atoms in total. The molecule has 0 saturated heterocycles. The minimum absolute atomic E-state index is 0.192. The van der Waals surface area contributed by atoms with Crippen LogP contribution in [0.15, 0.2) is 63.8 Å². The topological polar surface area (TPSA) is 50.1 Å². The molecule has 0 fully saturated rings. The van der Waals surface area contributed by atoms with E-state index in [-0.39, 0.29) is 11.2 Å². The molecule has 0 unspecified atom stereocenters. The molecule has 18 heavy (non-hydrogen) atoms. The molecular formula is C15H9O3. The van der Waals surface area contributed by atoms with E-state index in [1.165, 1.54) is 24.3 Å². The van der Waals surface area contributed by atoms with E-state index in [1.54, 1.807) is 0 Å². The van der Waals surface area contributed by atoms with E-state index in [1.807, 2.05) is 30.3 Å². The largest absolute Gasteiger partial charge is 0.456 e. The van der Waals surface area contributed by atoms with Crippen LogP contribution in [0.3, 0.4) is 0 Å². The van der Waals surface area contributed by atoms with Gasteiger partial charge in [0.05, 0.1) is 5.39 Å². The lowest BCUT2D eigenvalue weighted by Crippen LogP contribution is -1.99. The first-order chi connectivity index (χ1) is 8.74. The van der Waals surface area contributed by atoms with Crippen molar-refractivity contribution in [1.82, 2.24) is 0 Å². The van der Waals surface area contributed by atoms with Crippen LogP contribution in [0, 0.1) is 0 Å². The first-order valence-corrected chi connectivity index (χ1v) is 5.54. The molecule has 3 rings (SSSR count). The van der Waals surface area contributed by atoms with Gasteiger partial charge in [-0.2, -0.15) is 0 Å². The molecule has 0 spiro atoms. The molecule has 1 radical (unpaired) electrons. The first kappa shape index (κ1) is 10.6. The second kappa shape index (κ2) is 4.04. The molecule has 0 saturated carbocycles. The van der Waals surface area contributed by atoms with Gasteiger partial charge in [-0.05, 0) is 12.1 Å². The number of rotatable bonds is 1. The van der Waals surface area contributed by atoms with Gasteiger partial charge in [-0.15, -0.1) is 0 Å². The van der Waals surface area contributed by atoms with E-state index in [9.17, 15) is 9.90 Å². The first-order valence-electron chi connectivity index (χ1n) is 5.54. The average Bonchev–Trinajstić information content (AvgIpc) is 2.40. The highest BCUT2D eigenvalue weighted by molar-refractivity contribution is 5.80. The van der Waals surface area contributed by atoms with Gasteiger partial charge in [0, 0.05) is 17.7 Å². The highest BCUT2D eigenvalue weighted by Crippen LogP contribution is 2.23. The summed E-state index contributed by atoms with van der Waals surface area (Å²) in [5, 5.41) is 11.5. The summed E-state index contributed by atoms with van der Waals surface area (Å²) >= 11 is 0. The summed E-state index contributed by atoms with van der Waals surface area (Å²) in [4.78, 5) is 11.9. The summed E-state index contributed by atoms with van der Waals surface area (Å²) in [6.07, 6.45) is 0. The van der Waals surface area contributed by atoms with E-state index in [2.05, 4.69) is 0 Å². The Morgan fingerprint density at radius 2 is 1.67 bits per heavy atom. The molecule has 0 aliphatic rings. The van der Waals surface area contributed by atoms with Crippen molar-refractivity contribution < 1.29 is 9.52 Å². The molecular weight excluding hydrogens is 228 g/mol. The lowest BCUT2D eigenvalue weighted by Gasteiger charge is -2.02. The van der Waals surface area contributed by atoms with Crippen molar-refractivity contribution in [2.75, 3.05) is 0 Å². The molecule has 0 aliphatic carbocycles. The predicted molar refractivity (Wildman–Crippen MR) is 68.1 cm³/mol. The van der Waals surface area contributed by atoms with Crippen LogP contribution in [-0.4, -0.2) is 0 Å². The fourth-order valence-electron chi connectivity index (χ4n) is 1.88. The summed E-state index contributed by atoms with van der Waals surface area (Å²) < 4.78 is 5.64. The van der Waals surface area contributed by atoms with Gasteiger partial charge in [0.1, 0.15) is 11.3 Å². The van der Waals surface area contributed by atoms with Crippen molar-refractivity contribution in [3.63, 3.8) is 0 Å². The standard InChI is InChI=1S/C15H9O3/c16-11-6-7-14-12(8-11)13(17)9-15(18-14)10-4-2-1-3-5-10/h1-9H. The SMILES string of the molecule is [O]c1ccc2oc(-c3ccccc3)cc(=O)c2c1. The summed E-state index contributed by atoms with van der Waals surface area (Å²) in [7, 11) is 0. The Hall–Kier alpha value is -2.55. The van der Waals surface area contributed by atoms with Gasteiger partial charge in [0.15, 0.2) is 11.2 Å². The van der Waals surface area contributed by atoms with Crippen molar-refractivity contribution in [3.8, 4) is 17.1 Å². The van der Waals surface area contributed by atoms with E-state index in [0.717, 1.165) is 5.56 Å². The monoisotopic (exact) mass is 237 g/mol. The van der Waals surface area contributed by atoms with Crippen LogP contribution in [0.1, 0.15) is 0 Å². The Bertz CT molecular complexity index is 758. The molecule has 0 atom stereocenters. The lowest BCUT2D eigenvalue weighted by molar-refractivity contribution is 0.355. The Morgan fingerprint density at radius 1 is 0.889 bits per heavy atom. The van der Waals surface area contributed by atoms with Gasteiger partial charge in [-0.1, -0.05) is 30.3 Å². The van der Waals surface area contributed by atoms with E-state index in [4.69, 9.17) is 4.42 Å². The van der Waals surface area contributed by atoms with Gasteiger partial charge in [-0.25, -0.2) is 0 Å². The molecule has 0 bridgehead atoms. The van der Waals surface area contributed by atoms with Crippen LogP contribution < -0.4 is 5.43 Å². The summed E-state index contributed by atoms with van der Waals surface area (Å²) in [6, 6.07) is 15.0. The second-order valence-corrected chi connectivity index (χ2v) is 4.00. The normalized spacial score (nSPS) is 10.7. The number of hydrogen-bond acceptors (Lipinski definition) is 2. The number of fused-ring (bicyclic) bond motifs is 1. The smallest absolute Gasteiger partial charge is 0.193 e. The van der Waals surface area contributed by atoms with Crippen molar-refractivity contribution in [1.29, 1.82) is 0 Å². The molecule has 2 aromatic carbocycles. The van der Waals surface area contributed by atoms with Crippen LogP contribution in [-0.2, 0) is 5.11 Å². The van der Waals surface area contributed by atoms with Crippen LogP contribution in [0.2, 0.25) is 0 Å². The average molecular weight is 237 g/mol. The Labute approximate surface area is 103 Å². The van der Waals surface area contributed by atoms with Gasteiger partial charge >= 0.3 is 0 Å². The predicted octanol–water partition coefficient (Wildman–Crippen LogP) is 3.60. The van der Waals surface area contributed by atoms with Gasteiger partial charge < -0.3 is 4.42 Å². The van der Waals surface area contributed by atoms with E-state index in [0.29, 0.717) is 16.7 Å². The van der Waals surface area contributed by atoms with Crippen LogP contribution in [0.25, 0.3) is 22.3 Å². The maximum Gasteiger partial charge on any atom is 0.193 e. The molecule has 1 aromatic heterocycles. The number of hydrogen-bond donors (Lipinski definition) is 0. The van der Waals surface area contributed by atoms with Crippen molar-refractivity contribution in [2.24, 2.45) is 0 Å². The minimum Gasteiger partial charge on any atom is -0.456 e. The Kier molecular flexibility index (Phi) is 2.38. The Balaban J connectivity index is 2.29. The zero-order valence-corrected chi connectivity index (χ0v) is 9.42. The molecule has 1 heterocycles. The summed E-state index contributed by atoms with van der Waals surface area (Å²) in [5.41, 5.74) is 1.07. The highest BCUT2D eigenvalue weighted by Gasteiger charge is 2.07. The molecule has 3 heteroatoms. The minimum atomic E-state index is -0.201. The second-order valence-electron chi connectivity index (χ2n) is 4.00. The third-order valence-corrected chi connectivity index (χ3v) is 2.76. The zero-order valence-electron chi connectivity index (χ0n) is 9.42. The molecule has 0 aliphatic heterocycles. The van der Waals surface area contributed by atoms with Gasteiger partial charge in [0.25, 0.3) is 0 Å². The van der Waals surface area contributed by atoms with Gasteiger partial charge in [-0.3, -0.25) is 9.90 Å². The Morgan fingerprint density at radius 3 is 2.44 bits per heavy atom. The van der Waals surface area contributed by atoms with Gasteiger partial charge in [0.2, 0.25) is 0 Å². The van der Waals surface area contributed by atoms with Crippen molar-refractivity contribution in [2.45, 2.75) is 0 Å². The van der Waals surface area contributed by atoms with Crippen molar-refractivity contribution >= 4 is 11.0 Å². The van der Waals surface area contributed by atoms with Crippen molar-refractivity contribution in [3.05, 3.63) is 64.8 Å². The fourth-order valence-corrected chi connectivity index (χ4v) is 1.88. The lowest BCUT2D eigenvalue weighted by atomic mass is 10.1. The number of benzene rings is 2. The molecule has 3 aromatic rings. The van der Waals surface area contributed by atoms with E-state index < -0.39 is 0 Å². The zero-order chi connectivity index (χ0) is 12.5. The highest BCUT2D eigenvalue weighted by atomic mass is 16.3. The molecule has 0 amide bonds. The maximum atomic E-state index is 11.9. The van der Waals surface area contributed by atoms with Crippen LogP contribution in [0.4, 0.5) is 0 Å². The maximum absolute atomic E-state index is 11.9. The van der Waals surface area contributed by atoms with Crippen LogP contribution in [0.5, 0.6) is 5.75 Å². The summed E-state index contributed by atoms with van der Waals surface area (Å²) in [6.45, 7) is 0. The molecule has 87 valence electrons. The fraction of sp³-hybridized carbons (Fsp3) is 0. The van der Waals surface area contributed by atoms with E-state index >= 15 is 0 Å². The quantitative estimate of drug-likeness (QED) is 0.649. The summed E-state index contributed by atoms with van der Waals surface area (Å²) in [5.74, 6) is 0.314.